The van der Waals surface area contributed by atoms with Gasteiger partial charge in [-0.2, -0.15) is 0 Å². The van der Waals surface area contributed by atoms with Gasteiger partial charge in [-0.1, -0.05) is 19.8 Å². The Labute approximate surface area is 115 Å². The van der Waals surface area contributed by atoms with Crippen LogP contribution in [0.2, 0.25) is 0 Å². The van der Waals surface area contributed by atoms with Gasteiger partial charge in [-0.3, -0.25) is 9.59 Å². The summed E-state index contributed by atoms with van der Waals surface area (Å²) in [6.07, 6.45) is 7.75. The highest BCUT2D eigenvalue weighted by Crippen LogP contribution is 2.45. The van der Waals surface area contributed by atoms with Crippen molar-refractivity contribution in [3.63, 3.8) is 0 Å². The molecule has 0 aliphatic heterocycles. The van der Waals surface area contributed by atoms with E-state index in [1.165, 1.54) is 0 Å². The Morgan fingerprint density at radius 1 is 1.21 bits per heavy atom. The van der Waals surface area contributed by atoms with Gasteiger partial charge in [0.15, 0.2) is 0 Å². The molecule has 0 atom stereocenters. The summed E-state index contributed by atoms with van der Waals surface area (Å²) in [6.45, 7) is 2.91. The van der Waals surface area contributed by atoms with Crippen LogP contribution in [0.5, 0.6) is 0 Å². The predicted octanol–water partition coefficient (Wildman–Crippen LogP) is 2.81. The zero-order valence-corrected chi connectivity index (χ0v) is 11.9. The molecule has 4 heteroatoms. The summed E-state index contributed by atoms with van der Waals surface area (Å²) in [5.74, 6) is -0.573. The van der Waals surface area contributed by atoms with Gasteiger partial charge in [0, 0.05) is 19.0 Å². The second-order valence-electron chi connectivity index (χ2n) is 6.27. The second-order valence-corrected chi connectivity index (χ2v) is 6.27. The lowest BCUT2D eigenvalue weighted by Crippen LogP contribution is -2.38. The molecule has 108 valence electrons. The number of carbonyl (C=O) groups is 2. The smallest absolute Gasteiger partial charge is 0.303 e. The van der Waals surface area contributed by atoms with Crippen molar-refractivity contribution in [1.29, 1.82) is 0 Å². The van der Waals surface area contributed by atoms with Crippen molar-refractivity contribution < 1.29 is 14.7 Å². The molecular weight excluding hydrogens is 242 g/mol. The van der Waals surface area contributed by atoms with Gasteiger partial charge in [0.2, 0.25) is 5.91 Å². The number of carboxylic acids is 1. The molecule has 2 rings (SSSR count). The number of carbonyl (C=O) groups excluding carboxylic acids is 1. The van der Waals surface area contributed by atoms with Crippen LogP contribution >= 0.6 is 0 Å². The third-order valence-electron chi connectivity index (χ3n) is 4.49. The molecule has 4 nitrogen and oxygen atoms in total. The van der Waals surface area contributed by atoms with E-state index in [1.807, 2.05) is 4.90 Å². The van der Waals surface area contributed by atoms with E-state index in [-0.39, 0.29) is 17.7 Å². The highest BCUT2D eigenvalue weighted by atomic mass is 16.4. The van der Waals surface area contributed by atoms with E-state index in [0.717, 1.165) is 51.5 Å². The fourth-order valence-corrected chi connectivity index (χ4v) is 3.42. The van der Waals surface area contributed by atoms with E-state index < -0.39 is 5.97 Å². The highest BCUT2D eigenvalue weighted by molar-refractivity contribution is 5.79. The summed E-state index contributed by atoms with van der Waals surface area (Å²) in [5, 5.41) is 9.09. The lowest BCUT2D eigenvalue weighted by molar-refractivity contribution is -0.141. The summed E-state index contributed by atoms with van der Waals surface area (Å²) in [5.41, 5.74) is -0.260. The summed E-state index contributed by atoms with van der Waals surface area (Å²) in [6, 6.07) is 0.440. The first kappa shape index (κ1) is 14.4. The van der Waals surface area contributed by atoms with Gasteiger partial charge in [0.25, 0.3) is 0 Å². The van der Waals surface area contributed by atoms with Crippen LogP contribution in [-0.4, -0.2) is 34.5 Å². The minimum atomic E-state index is -0.761. The normalized spacial score (nSPS) is 21.3. The SMILES string of the molecule is CCCN(C(=O)CC1(CC(=O)O)CCCC1)C1CC1. The monoisotopic (exact) mass is 267 g/mol. The highest BCUT2D eigenvalue weighted by Gasteiger charge is 2.41. The van der Waals surface area contributed by atoms with Crippen molar-refractivity contribution in [3.05, 3.63) is 0 Å². The van der Waals surface area contributed by atoms with Crippen molar-refractivity contribution in [2.45, 2.75) is 70.8 Å². The van der Waals surface area contributed by atoms with Crippen molar-refractivity contribution in [3.8, 4) is 0 Å². The number of amides is 1. The van der Waals surface area contributed by atoms with Crippen molar-refractivity contribution in [2.24, 2.45) is 5.41 Å². The molecule has 0 unspecified atom stereocenters. The molecule has 2 aliphatic rings. The van der Waals surface area contributed by atoms with Crippen LogP contribution in [-0.2, 0) is 9.59 Å². The van der Waals surface area contributed by atoms with Gasteiger partial charge < -0.3 is 10.0 Å². The zero-order chi connectivity index (χ0) is 13.9. The fourth-order valence-electron chi connectivity index (χ4n) is 3.42. The average molecular weight is 267 g/mol. The van der Waals surface area contributed by atoms with Crippen LogP contribution in [0.25, 0.3) is 0 Å². The molecule has 0 aromatic heterocycles. The van der Waals surface area contributed by atoms with Gasteiger partial charge in [0.1, 0.15) is 0 Å². The number of nitrogens with zero attached hydrogens (tertiary/aromatic N) is 1. The van der Waals surface area contributed by atoms with E-state index in [4.69, 9.17) is 5.11 Å². The van der Waals surface area contributed by atoms with Crippen LogP contribution in [0, 0.1) is 5.41 Å². The molecule has 0 aromatic carbocycles. The number of carboxylic acid groups (broad SMARTS) is 1. The molecule has 19 heavy (non-hydrogen) atoms. The first-order chi connectivity index (χ1) is 9.06. The fraction of sp³-hybridized carbons (Fsp3) is 0.867. The Balaban J connectivity index is 1.99. The number of rotatable bonds is 7. The first-order valence-corrected chi connectivity index (χ1v) is 7.57. The minimum absolute atomic E-state index is 0.156. The molecule has 1 amide bonds. The second kappa shape index (κ2) is 5.93. The van der Waals surface area contributed by atoms with Gasteiger partial charge in [0.05, 0.1) is 6.42 Å². The maximum atomic E-state index is 12.5. The van der Waals surface area contributed by atoms with Crippen LogP contribution in [0.1, 0.15) is 64.7 Å². The van der Waals surface area contributed by atoms with E-state index >= 15 is 0 Å². The molecule has 0 aromatic rings. The summed E-state index contributed by atoms with van der Waals surface area (Å²) in [4.78, 5) is 25.6. The standard InChI is InChI=1S/C15H25NO3/c1-2-9-16(12-5-6-12)13(17)10-15(11-14(18)19)7-3-4-8-15/h12H,2-11H2,1H3,(H,18,19). The van der Waals surface area contributed by atoms with Crippen molar-refractivity contribution >= 4 is 11.9 Å². The molecular formula is C15H25NO3. The summed E-state index contributed by atoms with van der Waals surface area (Å²) < 4.78 is 0. The van der Waals surface area contributed by atoms with Crippen molar-refractivity contribution in [2.75, 3.05) is 6.54 Å². The molecule has 0 bridgehead atoms. The Hall–Kier alpha value is -1.06. The Kier molecular flexibility index (Phi) is 4.48. The molecule has 2 saturated carbocycles. The van der Waals surface area contributed by atoms with Crippen LogP contribution < -0.4 is 0 Å². The maximum Gasteiger partial charge on any atom is 0.303 e. The van der Waals surface area contributed by atoms with Gasteiger partial charge in [-0.25, -0.2) is 0 Å². The Morgan fingerprint density at radius 3 is 2.32 bits per heavy atom. The third kappa shape index (κ3) is 3.71. The number of hydrogen-bond donors (Lipinski definition) is 1. The number of hydrogen-bond acceptors (Lipinski definition) is 2. The van der Waals surface area contributed by atoms with Crippen molar-refractivity contribution in [1.82, 2.24) is 4.90 Å². The molecule has 0 radical (unpaired) electrons. The van der Waals surface area contributed by atoms with E-state index in [1.54, 1.807) is 0 Å². The number of aliphatic carboxylic acids is 1. The summed E-state index contributed by atoms with van der Waals surface area (Å²) >= 11 is 0. The third-order valence-corrected chi connectivity index (χ3v) is 4.49. The quantitative estimate of drug-likeness (QED) is 0.771. The largest absolute Gasteiger partial charge is 0.481 e. The molecule has 0 spiro atoms. The molecule has 0 saturated heterocycles. The Bertz CT molecular complexity index is 343. The van der Waals surface area contributed by atoms with Gasteiger partial charge in [-0.05, 0) is 37.5 Å². The zero-order valence-electron chi connectivity index (χ0n) is 11.9. The van der Waals surface area contributed by atoms with Crippen LogP contribution in [0.3, 0.4) is 0 Å². The molecule has 0 heterocycles. The first-order valence-electron chi connectivity index (χ1n) is 7.57. The maximum absolute atomic E-state index is 12.5. The minimum Gasteiger partial charge on any atom is -0.481 e. The summed E-state index contributed by atoms with van der Waals surface area (Å²) in [7, 11) is 0. The lowest BCUT2D eigenvalue weighted by atomic mass is 9.79. The lowest BCUT2D eigenvalue weighted by Gasteiger charge is -2.30. The molecule has 1 N–H and O–H groups in total. The topological polar surface area (TPSA) is 57.6 Å². The van der Waals surface area contributed by atoms with Gasteiger partial charge in [-0.15, -0.1) is 0 Å². The van der Waals surface area contributed by atoms with E-state index in [0.29, 0.717) is 12.5 Å². The van der Waals surface area contributed by atoms with Gasteiger partial charge >= 0.3 is 5.97 Å². The van der Waals surface area contributed by atoms with E-state index in [2.05, 4.69) is 6.92 Å². The van der Waals surface area contributed by atoms with Crippen LogP contribution in [0.15, 0.2) is 0 Å². The predicted molar refractivity (Wildman–Crippen MR) is 72.8 cm³/mol. The van der Waals surface area contributed by atoms with E-state index in [9.17, 15) is 9.59 Å². The molecule has 2 aliphatic carbocycles. The average Bonchev–Trinajstić information content (AvgIpc) is 3.07. The van der Waals surface area contributed by atoms with Crippen LogP contribution in [0.4, 0.5) is 0 Å². The Morgan fingerprint density at radius 2 is 1.84 bits per heavy atom. The molecule has 2 fully saturated rings.